The van der Waals surface area contributed by atoms with E-state index in [1.54, 1.807) is 0 Å². The van der Waals surface area contributed by atoms with Gasteiger partial charge in [-0.05, 0) is 0 Å². The van der Waals surface area contributed by atoms with Crippen LogP contribution in [0.25, 0.3) is 0 Å². The number of anilines is 2. The van der Waals surface area contributed by atoms with Crippen LogP contribution in [0.4, 0.5) is 11.4 Å². The standard InChI is InChI=1S/C27H40ClN2O2P/c1-8-12-23(27(32)30-26-20(6)15-22(28)16-21(26)7)33(9-2,10-3)17-24(31)29-25-18(4)13-11-14-19(25)5/h11,13-16,23,33H,8-10,12,17H2,1-7H3,(H,29,31)(H,30,32). The number of hydrogen-bond donors (Lipinski definition) is 2. The fraction of sp³-hybridized carbons (Fsp3) is 0.481. The molecule has 0 saturated heterocycles. The third-order valence-electron chi connectivity index (χ3n) is 7.05. The van der Waals surface area contributed by atoms with Gasteiger partial charge in [0.2, 0.25) is 0 Å². The maximum atomic E-state index is 13.7. The summed E-state index contributed by atoms with van der Waals surface area (Å²) in [5.74, 6) is 0.0659. The van der Waals surface area contributed by atoms with Gasteiger partial charge < -0.3 is 0 Å². The molecule has 2 amide bonds. The summed E-state index contributed by atoms with van der Waals surface area (Å²) in [7, 11) is -2.26. The molecule has 4 nitrogen and oxygen atoms in total. The van der Waals surface area contributed by atoms with E-state index in [4.69, 9.17) is 11.6 Å². The predicted molar refractivity (Wildman–Crippen MR) is 147 cm³/mol. The molecular formula is C27H40ClN2O2P. The zero-order chi connectivity index (χ0) is 24.8. The van der Waals surface area contributed by atoms with Crippen molar-refractivity contribution in [2.45, 2.75) is 67.0 Å². The second kappa shape index (κ2) is 12.0. The number of para-hydroxylation sites is 1. The van der Waals surface area contributed by atoms with Gasteiger partial charge in [0.05, 0.1) is 0 Å². The molecular weight excluding hydrogens is 451 g/mol. The van der Waals surface area contributed by atoms with E-state index < -0.39 is 7.26 Å². The van der Waals surface area contributed by atoms with Crippen LogP contribution in [-0.2, 0) is 9.59 Å². The Balaban J connectivity index is 2.33. The van der Waals surface area contributed by atoms with Crippen molar-refractivity contribution in [1.29, 1.82) is 0 Å². The second-order valence-corrected chi connectivity index (χ2v) is 14.9. The van der Waals surface area contributed by atoms with Crippen LogP contribution in [0, 0.1) is 27.7 Å². The summed E-state index contributed by atoms with van der Waals surface area (Å²) in [4.78, 5) is 26.9. The summed E-state index contributed by atoms with van der Waals surface area (Å²) >= 11 is 6.18. The Labute approximate surface area is 205 Å². The number of rotatable bonds is 10. The van der Waals surface area contributed by atoms with E-state index >= 15 is 0 Å². The van der Waals surface area contributed by atoms with Gasteiger partial charge in [-0.25, -0.2) is 0 Å². The topological polar surface area (TPSA) is 58.2 Å². The third kappa shape index (κ3) is 6.58. The Bertz CT molecular complexity index is 958. The SMILES string of the molecule is CCCC(C(=O)Nc1c(C)cc(Cl)cc1C)[PH](CC)(CC)CC(=O)Nc1c(C)cccc1C. The number of carbonyl (C=O) groups excluding carboxylic acids is 2. The first-order valence-electron chi connectivity index (χ1n) is 12.0. The van der Waals surface area contributed by atoms with Crippen molar-refractivity contribution >= 4 is 42.1 Å². The Morgan fingerprint density at radius 2 is 1.39 bits per heavy atom. The van der Waals surface area contributed by atoms with E-state index in [0.717, 1.165) is 58.8 Å². The van der Waals surface area contributed by atoms with Crippen LogP contribution in [0.1, 0.15) is 55.9 Å². The summed E-state index contributed by atoms with van der Waals surface area (Å²) in [6, 6.07) is 9.77. The summed E-state index contributed by atoms with van der Waals surface area (Å²) in [6.45, 7) is 14.4. The molecule has 2 aromatic carbocycles. The molecule has 0 saturated carbocycles. The van der Waals surface area contributed by atoms with E-state index in [-0.39, 0.29) is 17.5 Å². The molecule has 0 bridgehead atoms. The van der Waals surface area contributed by atoms with E-state index in [1.807, 2.05) is 58.0 Å². The molecule has 0 radical (unpaired) electrons. The molecule has 0 aromatic heterocycles. The zero-order valence-corrected chi connectivity index (χ0v) is 23.0. The maximum absolute atomic E-state index is 13.7. The van der Waals surface area contributed by atoms with Gasteiger partial charge in [-0.2, -0.15) is 0 Å². The van der Waals surface area contributed by atoms with E-state index in [2.05, 4.69) is 31.4 Å². The second-order valence-electron chi connectivity index (χ2n) is 9.31. The first-order chi connectivity index (χ1) is 15.6. The molecule has 0 spiro atoms. The van der Waals surface area contributed by atoms with Crippen molar-refractivity contribution in [3.8, 4) is 0 Å². The molecule has 1 atom stereocenters. The van der Waals surface area contributed by atoms with Gasteiger partial charge in [0.1, 0.15) is 0 Å². The number of hydrogen-bond acceptors (Lipinski definition) is 2. The van der Waals surface area contributed by atoms with Crippen molar-refractivity contribution in [2.75, 3.05) is 29.1 Å². The van der Waals surface area contributed by atoms with Crippen LogP contribution in [0.15, 0.2) is 30.3 Å². The molecule has 1 unspecified atom stereocenters. The predicted octanol–water partition coefficient (Wildman–Crippen LogP) is 7.11. The van der Waals surface area contributed by atoms with Crippen molar-refractivity contribution in [3.63, 3.8) is 0 Å². The fourth-order valence-electron chi connectivity index (χ4n) is 4.95. The number of amides is 2. The molecule has 6 heteroatoms. The van der Waals surface area contributed by atoms with Crippen LogP contribution in [0.3, 0.4) is 0 Å². The van der Waals surface area contributed by atoms with Gasteiger partial charge in [0, 0.05) is 0 Å². The van der Waals surface area contributed by atoms with Gasteiger partial charge in [-0.1, -0.05) is 0 Å². The summed E-state index contributed by atoms with van der Waals surface area (Å²) in [6.07, 6.45) is 3.93. The molecule has 2 aromatic rings. The molecule has 2 N–H and O–H groups in total. The zero-order valence-electron chi connectivity index (χ0n) is 21.2. The molecule has 2 rings (SSSR count). The van der Waals surface area contributed by atoms with E-state index in [0.29, 0.717) is 11.2 Å². The molecule has 0 fully saturated rings. The molecule has 0 aliphatic carbocycles. The summed E-state index contributed by atoms with van der Waals surface area (Å²) in [5, 5.41) is 7.04. The van der Waals surface area contributed by atoms with Gasteiger partial charge in [-0.3, -0.25) is 0 Å². The first-order valence-corrected chi connectivity index (χ1v) is 15.1. The molecule has 0 heterocycles. The van der Waals surface area contributed by atoms with Gasteiger partial charge in [-0.15, -0.1) is 0 Å². The number of halogens is 1. The van der Waals surface area contributed by atoms with Crippen LogP contribution >= 0.6 is 18.9 Å². The van der Waals surface area contributed by atoms with Crippen LogP contribution in [0.5, 0.6) is 0 Å². The fourth-order valence-corrected chi connectivity index (χ4v) is 9.77. The van der Waals surface area contributed by atoms with Crippen LogP contribution in [0.2, 0.25) is 5.02 Å². The van der Waals surface area contributed by atoms with Gasteiger partial charge >= 0.3 is 205 Å². The average Bonchev–Trinajstić information content (AvgIpc) is 2.75. The number of nitrogens with one attached hydrogen (secondary N) is 2. The van der Waals surface area contributed by atoms with Crippen molar-refractivity contribution in [1.82, 2.24) is 0 Å². The average molecular weight is 491 g/mol. The Kier molecular flexibility index (Phi) is 9.94. The first kappa shape index (κ1) is 27.3. The number of carbonyl (C=O) groups is 2. The molecule has 182 valence electrons. The normalized spacial score (nSPS) is 12.8. The van der Waals surface area contributed by atoms with Gasteiger partial charge in [0.15, 0.2) is 0 Å². The van der Waals surface area contributed by atoms with Crippen molar-refractivity contribution in [2.24, 2.45) is 0 Å². The number of benzene rings is 2. The van der Waals surface area contributed by atoms with E-state index in [1.165, 1.54) is 0 Å². The van der Waals surface area contributed by atoms with Gasteiger partial charge in [0.25, 0.3) is 0 Å². The van der Waals surface area contributed by atoms with Crippen molar-refractivity contribution < 1.29 is 9.59 Å². The Morgan fingerprint density at radius 3 is 1.88 bits per heavy atom. The van der Waals surface area contributed by atoms with Crippen molar-refractivity contribution in [3.05, 3.63) is 57.6 Å². The minimum absolute atomic E-state index is 0.0236. The minimum atomic E-state index is -2.26. The quantitative estimate of drug-likeness (QED) is 0.348. The number of aryl methyl sites for hydroxylation is 4. The Hall–Kier alpha value is -1.90. The third-order valence-corrected chi connectivity index (χ3v) is 13.1. The Morgan fingerprint density at radius 1 is 0.879 bits per heavy atom. The van der Waals surface area contributed by atoms with Crippen LogP contribution < -0.4 is 10.6 Å². The van der Waals surface area contributed by atoms with E-state index in [9.17, 15) is 9.59 Å². The molecule has 0 aliphatic heterocycles. The van der Waals surface area contributed by atoms with Crippen LogP contribution in [-0.4, -0.2) is 36.0 Å². The molecule has 0 aliphatic rings. The molecule has 33 heavy (non-hydrogen) atoms. The summed E-state index contributed by atoms with van der Waals surface area (Å²) in [5.41, 5.74) is 5.62. The summed E-state index contributed by atoms with van der Waals surface area (Å²) < 4.78 is 0. The monoisotopic (exact) mass is 490 g/mol.